The molecule has 0 aliphatic heterocycles. The maximum Gasteiger partial charge on any atom is 0.416 e. The fraction of sp³-hybridized carbons (Fsp3) is 0.500. The molecule has 126 valence electrons. The fourth-order valence-electron chi connectivity index (χ4n) is 2.47. The number of nitrogens with one attached hydrogen (secondary N) is 2. The molecular weight excluding hydrogens is 307 g/mol. The van der Waals surface area contributed by atoms with Crippen molar-refractivity contribution in [2.75, 3.05) is 6.54 Å². The summed E-state index contributed by atoms with van der Waals surface area (Å²) in [5.74, 6) is 0.371. The van der Waals surface area contributed by atoms with Crippen molar-refractivity contribution >= 4 is 6.03 Å². The standard InChI is InChI=1S/C16H20F3N3O/c1-11-4-2-3-5-14(11)22-15(23)21-9-7-13-10-12(6-8-20-13)16(17,18)19/h2-3,6,8,10-11,14H,4-5,7,9H2,1H3,(H2,21,22,23)/t11-,14-/m1/s1. The van der Waals surface area contributed by atoms with Gasteiger partial charge in [-0.25, -0.2) is 4.79 Å². The Morgan fingerprint density at radius 3 is 2.78 bits per heavy atom. The van der Waals surface area contributed by atoms with Crippen LogP contribution in [0.4, 0.5) is 18.0 Å². The molecule has 0 aromatic carbocycles. The van der Waals surface area contributed by atoms with Gasteiger partial charge in [0.2, 0.25) is 0 Å². The predicted octanol–water partition coefficient (Wildman–Crippen LogP) is 3.30. The van der Waals surface area contributed by atoms with Crippen molar-refractivity contribution in [3.8, 4) is 0 Å². The monoisotopic (exact) mass is 327 g/mol. The number of carbonyl (C=O) groups excluding carboxylic acids is 1. The minimum atomic E-state index is -4.38. The molecule has 4 nitrogen and oxygen atoms in total. The van der Waals surface area contributed by atoms with Gasteiger partial charge in [-0.15, -0.1) is 0 Å². The van der Waals surface area contributed by atoms with Gasteiger partial charge < -0.3 is 10.6 Å². The number of nitrogens with zero attached hydrogens (tertiary/aromatic N) is 1. The smallest absolute Gasteiger partial charge is 0.338 e. The number of hydrogen-bond donors (Lipinski definition) is 2. The molecule has 0 radical (unpaired) electrons. The average molecular weight is 327 g/mol. The largest absolute Gasteiger partial charge is 0.416 e. The third kappa shape index (κ3) is 5.26. The van der Waals surface area contributed by atoms with Gasteiger partial charge in [-0.05, 0) is 30.9 Å². The van der Waals surface area contributed by atoms with E-state index in [-0.39, 0.29) is 25.0 Å². The molecule has 23 heavy (non-hydrogen) atoms. The number of amides is 2. The van der Waals surface area contributed by atoms with Crippen LogP contribution in [0.3, 0.4) is 0 Å². The maximum atomic E-state index is 12.6. The normalized spacial score (nSPS) is 21.0. The van der Waals surface area contributed by atoms with Gasteiger partial charge >= 0.3 is 12.2 Å². The number of hydrogen-bond acceptors (Lipinski definition) is 2. The van der Waals surface area contributed by atoms with Crippen LogP contribution in [0, 0.1) is 5.92 Å². The number of alkyl halides is 3. The Labute approximate surface area is 133 Å². The highest BCUT2D eigenvalue weighted by molar-refractivity contribution is 5.74. The first-order valence-electron chi connectivity index (χ1n) is 7.58. The van der Waals surface area contributed by atoms with Crippen LogP contribution in [0.25, 0.3) is 0 Å². The Balaban J connectivity index is 1.78. The second-order valence-corrected chi connectivity index (χ2v) is 5.71. The topological polar surface area (TPSA) is 54.0 Å². The van der Waals surface area contributed by atoms with Crippen molar-refractivity contribution in [2.24, 2.45) is 5.92 Å². The van der Waals surface area contributed by atoms with Gasteiger partial charge in [-0.3, -0.25) is 4.98 Å². The molecular formula is C16H20F3N3O. The fourth-order valence-corrected chi connectivity index (χ4v) is 2.47. The van der Waals surface area contributed by atoms with Crippen molar-refractivity contribution in [3.63, 3.8) is 0 Å². The molecule has 1 heterocycles. The highest BCUT2D eigenvalue weighted by Crippen LogP contribution is 2.29. The van der Waals surface area contributed by atoms with E-state index in [9.17, 15) is 18.0 Å². The predicted molar refractivity (Wildman–Crippen MR) is 80.8 cm³/mol. The molecule has 2 atom stereocenters. The molecule has 2 amide bonds. The lowest BCUT2D eigenvalue weighted by molar-refractivity contribution is -0.137. The van der Waals surface area contributed by atoms with Gasteiger partial charge in [0, 0.05) is 30.9 Å². The quantitative estimate of drug-likeness (QED) is 0.834. The van der Waals surface area contributed by atoms with Crippen molar-refractivity contribution in [2.45, 2.75) is 38.4 Å². The summed E-state index contributed by atoms with van der Waals surface area (Å²) >= 11 is 0. The van der Waals surface area contributed by atoms with Crippen LogP contribution in [-0.2, 0) is 12.6 Å². The summed E-state index contributed by atoms with van der Waals surface area (Å²) in [6.07, 6.45) is 2.86. The number of halogens is 3. The minimum absolute atomic E-state index is 0.0895. The molecule has 1 aromatic heterocycles. The molecule has 0 spiro atoms. The number of aromatic nitrogens is 1. The summed E-state index contributed by atoms with van der Waals surface area (Å²) in [6, 6.07) is 1.73. The van der Waals surface area contributed by atoms with Crippen LogP contribution >= 0.6 is 0 Å². The Morgan fingerprint density at radius 1 is 1.35 bits per heavy atom. The average Bonchev–Trinajstić information content (AvgIpc) is 2.49. The molecule has 2 N–H and O–H groups in total. The van der Waals surface area contributed by atoms with Gasteiger partial charge in [-0.2, -0.15) is 13.2 Å². The summed E-state index contributed by atoms with van der Waals surface area (Å²) in [7, 11) is 0. The SMILES string of the molecule is C[C@@H]1CC=CC[C@H]1NC(=O)NCCc1cc(C(F)(F)F)ccn1. The number of allylic oxidation sites excluding steroid dienone is 1. The number of urea groups is 1. The van der Waals surface area contributed by atoms with Crippen molar-refractivity contribution in [1.29, 1.82) is 0 Å². The van der Waals surface area contributed by atoms with Crippen LogP contribution in [0.2, 0.25) is 0 Å². The molecule has 0 saturated carbocycles. The number of carbonyl (C=O) groups is 1. The van der Waals surface area contributed by atoms with Crippen LogP contribution in [0.5, 0.6) is 0 Å². The zero-order valence-corrected chi connectivity index (χ0v) is 12.9. The first-order valence-corrected chi connectivity index (χ1v) is 7.58. The van der Waals surface area contributed by atoms with Gasteiger partial charge in [0.25, 0.3) is 0 Å². The van der Waals surface area contributed by atoms with E-state index < -0.39 is 11.7 Å². The molecule has 1 aromatic rings. The van der Waals surface area contributed by atoms with E-state index in [0.717, 1.165) is 31.2 Å². The minimum Gasteiger partial charge on any atom is -0.338 e. The van der Waals surface area contributed by atoms with Crippen LogP contribution in [0.1, 0.15) is 31.0 Å². The molecule has 1 aliphatic rings. The van der Waals surface area contributed by atoms with E-state index in [0.29, 0.717) is 11.6 Å². The van der Waals surface area contributed by atoms with E-state index in [1.54, 1.807) is 0 Å². The van der Waals surface area contributed by atoms with Crippen molar-refractivity contribution in [3.05, 3.63) is 41.7 Å². The van der Waals surface area contributed by atoms with Gasteiger partial charge in [0.15, 0.2) is 0 Å². The molecule has 0 fully saturated rings. The zero-order valence-electron chi connectivity index (χ0n) is 12.9. The highest BCUT2D eigenvalue weighted by Gasteiger charge is 2.30. The second kappa shape index (κ2) is 7.48. The van der Waals surface area contributed by atoms with E-state index in [1.165, 1.54) is 0 Å². The first-order chi connectivity index (χ1) is 10.9. The number of pyridine rings is 1. The van der Waals surface area contributed by atoms with E-state index in [1.807, 2.05) is 6.08 Å². The van der Waals surface area contributed by atoms with Crippen LogP contribution < -0.4 is 10.6 Å². The second-order valence-electron chi connectivity index (χ2n) is 5.71. The van der Waals surface area contributed by atoms with Gasteiger partial charge in [0.1, 0.15) is 0 Å². The lowest BCUT2D eigenvalue weighted by Crippen LogP contribution is -2.45. The summed E-state index contributed by atoms with van der Waals surface area (Å²) in [4.78, 5) is 15.7. The molecule has 0 unspecified atom stereocenters. The Hall–Kier alpha value is -2.05. The maximum absolute atomic E-state index is 12.6. The number of rotatable bonds is 4. The van der Waals surface area contributed by atoms with E-state index >= 15 is 0 Å². The zero-order chi connectivity index (χ0) is 16.9. The van der Waals surface area contributed by atoms with Crippen molar-refractivity contribution in [1.82, 2.24) is 15.6 Å². The lowest BCUT2D eigenvalue weighted by Gasteiger charge is -2.26. The van der Waals surface area contributed by atoms with E-state index in [4.69, 9.17) is 0 Å². The van der Waals surface area contributed by atoms with Crippen LogP contribution in [0.15, 0.2) is 30.5 Å². The lowest BCUT2D eigenvalue weighted by atomic mass is 9.91. The van der Waals surface area contributed by atoms with Crippen molar-refractivity contribution < 1.29 is 18.0 Å². The van der Waals surface area contributed by atoms with E-state index in [2.05, 4.69) is 28.6 Å². The third-order valence-electron chi connectivity index (χ3n) is 3.88. The summed E-state index contributed by atoms with van der Waals surface area (Å²) in [5.41, 5.74) is -0.427. The summed E-state index contributed by atoms with van der Waals surface area (Å²) in [5, 5.41) is 5.55. The molecule has 7 heteroatoms. The molecule has 0 saturated heterocycles. The molecule has 0 bridgehead atoms. The molecule has 1 aliphatic carbocycles. The summed E-state index contributed by atoms with van der Waals surface area (Å²) < 4.78 is 37.8. The molecule has 2 rings (SSSR count). The third-order valence-corrected chi connectivity index (χ3v) is 3.88. The van der Waals surface area contributed by atoms with Gasteiger partial charge in [0.05, 0.1) is 5.56 Å². The Kier molecular flexibility index (Phi) is 5.63. The Morgan fingerprint density at radius 2 is 2.09 bits per heavy atom. The van der Waals surface area contributed by atoms with Crippen LogP contribution in [-0.4, -0.2) is 23.6 Å². The van der Waals surface area contributed by atoms with Gasteiger partial charge in [-0.1, -0.05) is 19.1 Å². The first kappa shape index (κ1) is 17.3. The highest BCUT2D eigenvalue weighted by atomic mass is 19.4. The summed E-state index contributed by atoms with van der Waals surface area (Å²) in [6.45, 7) is 2.30. The Bertz CT molecular complexity index is 572.